The summed E-state index contributed by atoms with van der Waals surface area (Å²) in [5, 5.41) is 0. The van der Waals surface area contributed by atoms with Crippen LogP contribution >= 0.6 is 0 Å². The van der Waals surface area contributed by atoms with E-state index in [1.54, 1.807) is 0 Å². The zero-order chi connectivity index (χ0) is 15.1. The van der Waals surface area contributed by atoms with E-state index < -0.39 is 0 Å². The molecule has 20 heavy (non-hydrogen) atoms. The Morgan fingerprint density at radius 3 is 2.15 bits per heavy atom. The van der Waals surface area contributed by atoms with Crippen molar-refractivity contribution in [2.45, 2.75) is 41.0 Å². The summed E-state index contributed by atoms with van der Waals surface area (Å²) in [5.74, 6) is 0.384. The summed E-state index contributed by atoms with van der Waals surface area (Å²) in [6.07, 6.45) is 7.73. The van der Waals surface area contributed by atoms with Gasteiger partial charge in [0.05, 0.1) is 0 Å². The Bertz CT molecular complexity index is 497. The highest BCUT2D eigenvalue weighted by Gasteiger charge is 2.14. The minimum Gasteiger partial charge on any atom is -0.0989 e. The third-order valence-electron chi connectivity index (χ3n) is 3.63. The van der Waals surface area contributed by atoms with Crippen LogP contribution in [-0.4, -0.2) is 0 Å². The Labute approximate surface area is 124 Å². The van der Waals surface area contributed by atoms with Gasteiger partial charge < -0.3 is 0 Å². The SMILES string of the molecule is C=C(Cc1ccc(C)cc1)C1[CH]C=C(C)C(C)=C1.CC. The van der Waals surface area contributed by atoms with Gasteiger partial charge in [-0.2, -0.15) is 0 Å². The van der Waals surface area contributed by atoms with Gasteiger partial charge in [-0.05, 0) is 39.2 Å². The van der Waals surface area contributed by atoms with Gasteiger partial charge >= 0.3 is 0 Å². The van der Waals surface area contributed by atoms with Crippen LogP contribution < -0.4 is 0 Å². The summed E-state index contributed by atoms with van der Waals surface area (Å²) in [7, 11) is 0. The second kappa shape index (κ2) is 7.89. The summed E-state index contributed by atoms with van der Waals surface area (Å²) in [5.41, 5.74) is 6.64. The van der Waals surface area contributed by atoms with Gasteiger partial charge in [-0.15, -0.1) is 0 Å². The first-order chi connectivity index (χ1) is 9.56. The number of hydrogen-bond donors (Lipinski definition) is 0. The fraction of sp³-hybridized carbons (Fsp3) is 0.350. The number of rotatable bonds is 3. The van der Waals surface area contributed by atoms with E-state index in [1.807, 2.05) is 13.8 Å². The summed E-state index contributed by atoms with van der Waals surface area (Å²) in [6, 6.07) is 8.72. The van der Waals surface area contributed by atoms with Gasteiger partial charge in [-0.3, -0.25) is 0 Å². The number of hydrogen-bond acceptors (Lipinski definition) is 0. The Morgan fingerprint density at radius 1 is 1.00 bits per heavy atom. The van der Waals surface area contributed by atoms with Crippen molar-refractivity contribution >= 4 is 0 Å². The lowest BCUT2D eigenvalue weighted by molar-refractivity contribution is 0.848. The Balaban J connectivity index is 0.000000956. The lowest BCUT2D eigenvalue weighted by Gasteiger charge is -2.20. The van der Waals surface area contributed by atoms with Crippen molar-refractivity contribution in [3.8, 4) is 0 Å². The average molecular weight is 267 g/mol. The van der Waals surface area contributed by atoms with Crippen molar-refractivity contribution in [2.24, 2.45) is 5.92 Å². The molecule has 0 N–H and O–H groups in total. The molecule has 1 aliphatic carbocycles. The molecule has 0 aromatic heterocycles. The van der Waals surface area contributed by atoms with E-state index in [4.69, 9.17) is 0 Å². The number of allylic oxidation sites excluding steroid dienone is 5. The molecular weight excluding hydrogens is 240 g/mol. The fourth-order valence-corrected chi connectivity index (χ4v) is 2.18. The van der Waals surface area contributed by atoms with Crippen molar-refractivity contribution in [2.75, 3.05) is 0 Å². The summed E-state index contributed by atoms with van der Waals surface area (Å²) in [6.45, 7) is 14.7. The molecule has 1 unspecified atom stereocenters. The molecule has 0 spiro atoms. The number of benzene rings is 1. The fourth-order valence-electron chi connectivity index (χ4n) is 2.18. The van der Waals surface area contributed by atoms with E-state index in [0.29, 0.717) is 5.92 Å². The smallest absolute Gasteiger partial charge is 0.00522 e. The molecule has 1 aliphatic rings. The topological polar surface area (TPSA) is 0 Å². The highest BCUT2D eigenvalue weighted by Crippen LogP contribution is 2.27. The zero-order valence-corrected chi connectivity index (χ0v) is 13.5. The highest BCUT2D eigenvalue weighted by molar-refractivity contribution is 5.40. The maximum atomic E-state index is 4.25. The van der Waals surface area contributed by atoms with E-state index in [0.717, 1.165) is 6.42 Å². The predicted octanol–water partition coefficient (Wildman–Crippen LogP) is 5.85. The minimum atomic E-state index is 0.384. The van der Waals surface area contributed by atoms with Gasteiger partial charge in [-0.25, -0.2) is 0 Å². The molecule has 0 saturated carbocycles. The minimum absolute atomic E-state index is 0.384. The van der Waals surface area contributed by atoms with Crippen molar-refractivity contribution in [3.05, 3.63) is 77.3 Å². The maximum absolute atomic E-state index is 4.25. The van der Waals surface area contributed by atoms with E-state index in [1.165, 1.54) is 27.8 Å². The molecule has 1 aromatic carbocycles. The molecule has 1 atom stereocenters. The molecular formula is C20H27. The molecule has 1 aromatic rings. The monoisotopic (exact) mass is 267 g/mol. The highest BCUT2D eigenvalue weighted by atomic mass is 14.2. The van der Waals surface area contributed by atoms with E-state index >= 15 is 0 Å². The van der Waals surface area contributed by atoms with Crippen molar-refractivity contribution in [1.29, 1.82) is 0 Å². The van der Waals surface area contributed by atoms with Gasteiger partial charge in [0.25, 0.3) is 0 Å². The van der Waals surface area contributed by atoms with Crippen LogP contribution in [0.3, 0.4) is 0 Å². The number of aryl methyl sites for hydroxylation is 1. The van der Waals surface area contributed by atoms with E-state index in [2.05, 4.69) is 70.2 Å². The molecule has 0 nitrogen and oxygen atoms in total. The Kier molecular flexibility index (Phi) is 6.51. The molecule has 0 heterocycles. The first-order valence-corrected chi connectivity index (χ1v) is 7.50. The summed E-state index contributed by atoms with van der Waals surface area (Å²) >= 11 is 0. The molecule has 107 valence electrons. The van der Waals surface area contributed by atoms with Crippen LogP contribution in [0, 0.1) is 19.3 Å². The second-order valence-electron chi connectivity index (χ2n) is 5.24. The predicted molar refractivity (Wildman–Crippen MR) is 90.7 cm³/mol. The molecule has 0 bridgehead atoms. The van der Waals surface area contributed by atoms with Gasteiger partial charge in [0.2, 0.25) is 0 Å². The lowest BCUT2D eigenvalue weighted by atomic mass is 9.85. The molecule has 0 aliphatic heterocycles. The molecule has 1 radical (unpaired) electrons. The van der Waals surface area contributed by atoms with Crippen LogP contribution in [0.25, 0.3) is 0 Å². The maximum Gasteiger partial charge on any atom is 0.00522 e. The first kappa shape index (κ1) is 16.5. The third-order valence-corrected chi connectivity index (χ3v) is 3.63. The molecule has 0 fully saturated rings. The van der Waals surface area contributed by atoms with Gasteiger partial charge in [0.15, 0.2) is 0 Å². The lowest BCUT2D eigenvalue weighted by Crippen LogP contribution is -2.07. The molecule has 0 heteroatoms. The molecule has 0 amide bonds. The molecule has 2 rings (SSSR count). The quantitative estimate of drug-likeness (QED) is 0.603. The van der Waals surface area contributed by atoms with Crippen molar-refractivity contribution < 1.29 is 0 Å². The normalized spacial score (nSPS) is 17.6. The van der Waals surface area contributed by atoms with Crippen LogP contribution in [-0.2, 0) is 6.42 Å². The van der Waals surface area contributed by atoms with Crippen molar-refractivity contribution in [1.82, 2.24) is 0 Å². The summed E-state index contributed by atoms with van der Waals surface area (Å²) < 4.78 is 0. The zero-order valence-electron chi connectivity index (χ0n) is 13.5. The third kappa shape index (κ3) is 4.52. The van der Waals surface area contributed by atoms with Crippen molar-refractivity contribution in [3.63, 3.8) is 0 Å². The van der Waals surface area contributed by atoms with Crippen LogP contribution in [0.15, 0.2) is 59.7 Å². The van der Waals surface area contributed by atoms with Gasteiger partial charge in [0.1, 0.15) is 0 Å². The summed E-state index contributed by atoms with van der Waals surface area (Å²) in [4.78, 5) is 0. The van der Waals surface area contributed by atoms with E-state index in [-0.39, 0.29) is 0 Å². The Hall–Kier alpha value is -1.56. The van der Waals surface area contributed by atoms with Crippen LogP contribution in [0.2, 0.25) is 0 Å². The van der Waals surface area contributed by atoms with Gasteiger partial charge in [-0.1, -0.05) is 79.1 Å². The second-order valence-corrected chi connectivity index (χ2v) is 5.24. The van der Waals surface area contributed by atoms with Crippen LogP contribution in [0.5, 0.6) is 0 Å². The largest absolute Gasteiger partial charge is 0.0989 e. The average Bonchev–Trinajstić information content (AvgIpc) is 2.46. The standard InChI is InChI=1S/C18H21.C2H6/c1-13-5-8-17(9-6-13)11-16(4)18-10-7-14(2)15(3)12-18;1-2/h5-10,12,18H,4,11H2,1-3H3;1-2H3. The van der Waals surface area contributed by atoms with Crippen LogP contribution in [0.4, 0.5) is 0 Å². The van der Waals surface area contributed by atoms with Crippen LogP contribution in [0.1, 0.15) is 38.8 Å². The first-order valence-electron chi connectivity index (χ1n) is 7.50. The van der Waals surface area contributed by atoms with E-state index in [9.17, 15) is 0 Å². The molecule has 0 saturated heterocycles. The van der Waals surface area contributed by atoms with Gasteiger partial charge in [0, 0.05) is 5.92 Å². The Morgan fingerprint density at radius 2 is 1.60 bits per heavy atom.